The monoisotopic (exact) mass is 356 g/mol. The van der Waals surface area contributed by atoms with Crippen molar-refractivity contribution in [3.8, 4) is 11.5 Å². The lowest BCUT2D eigenvalue weighted by Gasteiger charge is -2.23. The highest BCUT2D eigenvalue weighted by molar-refractivity contribution is 5.93. The van der Waals surface area contributed by atoms with Gasteiger partial charge in [0, 0.05) is 25.0 Å². The minimum Gasteiger partial charge on any atom is -0.493 e. The number of ether oxygens (including phenoxy) is 2. The largest absolute Gasteiger partial charge is 0.493 e. The number of carbonyl (C=O) groups is 1. The smallest absolute Gasteiger partial charge is 0.255 e. The molecule has 1 aromatic heterocycles. The molecule has 0 aliphatic carbocycles. The highest BCUT2D eigenvalue weighted by Crippen LogP contribution is 2.29. The minimum atomic E-state index is -0.00961. The van der Waals surface area contributed by atoms with Crippen LogP contribution in [0.3, 0.4) is 0 Å². The van der Waals surface area contributed by atoms with Crippen molar-refractivity contribution in [1.29, 1.82) is 0 Å². The Bertz CT molecular complexity index is 714. The summed E-state index contributed by atoms with van der Waals surface area (Å²) in [4.78, 5) is 18.9. The van der Waals surface area contributed by atoms with Crippen LogP contribution < -0.4 is 9.47 Å². The fraction of sp³-hybridized carbons (Fsp3) is 0.429. The van der Waals surface area contributed by atoms with Gasteiger partial charge >= 0.3 is 0 Å². The van der Waals surface area contributed by atoms with E-state index in [9.17, 15) is 4.79 Å². The quantitative estimate of drug-likeness (QED) is 0.674. The van der Waals surface area contributed by atoms with Crippen LogP contribution >= 0.6 is 0 Å². The summed E-state index contributed by atoms with van der Waals surface area (Å²) in [5.74, 6) is 1.41. The van der Waals surface area contributed by atoms with E-state index in [4.69, 9.17) is 9.47 Å². The normalized spacial score (nSPS) is 10.5. The van der Waals surface area contributed by atoms with Crippen molar-refractivity contribution in [3.63, 3.8) is 0 Å². The molecule has 0 bridgehead atoms. The summed E-state index contributed by atoms with van der Waals surface area (Å²) in [6, 6.07) is 9.52. The second-order valence-electron chi connectivity index (χ2n) is 6.25. The van der Waals surface area contributed by atoms with Crippen LogP contribution in [0.5, 0.6) is 11.5 Å². The Labute approximate surface area is 156 Å². The molecule has 0 N–H and O–H groups in total. The highest BCUT2D eigenvalue weighted by atomic mass is 16.5. The summed E-state index contributed by atoms with van der Waals surface area (Å²) in [7, 11) is 1.63. The van der Waals surface area contributed by atoms with Gasteiger partial charge in [0.2, 0.25) is 0 Å². The van der Waals surface area contributed by atoms with Crippen molar-refractivity contribution < 1.29 is 14.3 Å². The average molecular weight is 356 g/mol. The Morgan fingerprint density at radius 3 is 2.54 bits per heavy atom. The van der Waals surface area contributed by atoms with Crippen LogP contribution in [0.1, 0.15) is 48.3 Å². The van der Waals surface area contributed by atoms with E-state index in [2.05, 4.69) is 18.8 Å². The third-order valence-electron chi connectivity index (χ3n) is 4.00. The average Bonchev–Trinajstić information content (AvgIpc) is 2.66. The lowest BCUT2D eigenvalue weighted by molar-refractivity contribution is 0.0742. The molecule has 1 heterocycles. The van der Waals surface area contributed by atoms with Crippen LogP contribution in [0.2, 0.25) is 0 Å². The van der Waals surface area contributed by atoms with E-state index in [1.54, 1.807) is 13.3 Å². The summed E-state index contributed by atoms with van der Waals surface area (Å²) >= 11 is 0. The van der Waals surface area contributed by atoms with Crippen LogP contribution in [0.4, 0.5) is 0 Å². The number of aryl methyl sites for hydroxylation is 1. The first-order valence-electron chi connectivity index (χ1n) is 9.10. The zero-order valence-corrected chi connectivity index (χ0v) is 16.1. The van der Waals surface area contributed by atoms with Crippen LogP contribution in [0, 0.1) is 6.92 Å². The molecule has 2 rings (SSSR count). The number of rotatable bonds is 9. The molecule has 140 valence electrons. The third kappa shape index (κ3) is 5.22. The fourth-order valence-corrected chi connectivity index (χ4v) is 2.66. The summed E-state index contributed by atoms with van der Waals surface area (Å²) < 4.78 is 11.1. The topological polar surface area (TPSA) is 51.7 Å². The maximum absolute atomic E-state index is 12.8. The SMILES string of the molecule is CCCOc1ccc(CN(CCC)C(=O)c2ccc(C)nc2)cc1OC. The van der Waals surface area contributed by atoms with Crippen LogP contribution in [-0.4, -0.2) is 36.1 Å². The van der Waals surface area contributed by atoms with Crippen LogP contribution in [0.25, 0.3) is 0 Å². The maximum Gasteiger partial charge on any atom is 0.255 e. The molecule has 0 saturated carbocycles. The van der Waals surface area contributed by atoms with Gasteiger partial charge in [-0.15, -0.1) is 0 Å². The van der Waals surface area contributed by atoms with Gasteiger partial charge in [0.25, 0.3) is 5.91 Å². The van der Waals surface area contributed by atoms with Gasteiger partial charge in [0.1, 0.15) is 0 Å². The minimum absolute atomic E-state index is 0.00961. The molecule has 26 heavy (non-hydrogen) atoms. The Hall–Kier alpha value is -2.56. The van der Waals surface area contributed by atoms with Crippen molar-refractivity contribution in [1.82, 2.24) is 9.88 Å². The van der Waals surface area contributed by atoms with Crippen molar-refractivity contribution in [3.05, 3.63) is 53.3 Å². The van der Waals surface area contributed by atoms with Crippen molar-refractivity contribution in [2.75, 3.05) is 20.3 Å². The summed E-state index contributed by atoms with van der Waals surface area (Å²) in [6.07, 6.45) is 3.47. The fourth-order valence-electron chi connectivity index (χ4n) is 2.66. The standard InChI is InChI=1S/C21H28N2O3/c1-5-11-23(21(24)18-9-7-16(3)22-14-18)15-17-8-10-19(26-12-6-2)20(13-17)25-4/h7-10,13-14H,5-6,11-12,15H2,1-4H3. The van der Waals surface area contributed by atoms with Gasteiger partial charge in [-0.1, -0.05) is 19.9 Å². The Morgan fingerprint density at radius 2 is 1.92 bits per heavy atom. The number of aromatic nitrogens is 1. The zero-order chi connectivity index (χ0) is 18.9. The molecule has 0 atom stereocenters. The number of methoxy groups -OCH3 is 1. The third-order valence-corrected chi connectivity index (χ3v) is 4.00. The first-order valence-corrected chi connectivity index (χ1v) is 9.10. The molecule has 5 nitrogen and oxygen atoms in total. The molecule has 1 amide bonds. The Balaban J connectivity index is 2.18. The molecule has 0 unspecified atom stereocenters. The summed E-state index contributed by atoms with van der Waals surface area (Å²) in [5, 5.41) is 0. The number of amides is 1. The second-order valence-corrected chi connectivity index (χ2v) is 6.25. The Morgan fingerprint density at radius 1 is 1.12 bits per heavy atom. The number of pyridine rings is 1. The van der Waals surface area contributed by atoms with E-state index in [-0.39, 0.29) is 5.91 Å². The molecule has 0 spiro atoms. The lowest BCUT2D eigenvalue weighted by atomic mass is 10.1. The van der Waals surface area contributed by atoms with Gasteiger partial charge in [0.15, 0.2) is 11.5 Å². The number of benzene rings is 1. The van der Waals surface area contributed by atoms with E-state index in [1.165, 1.54) is 0 Å². The number of nitrogens with zero attached hydrogens (tertiary/aromatic N) is 2. The highest BCUT2D eigenvalue weighted by Gasteiger charge is 2.17. The van der Waals surface area contributed by atoms with Gasteiger partial charge in [-0.05, 0) is 49.6 Å². The van der Waals surface area contributed by atoms with E-state index in [0.29, 0.717) is 31.0 Å². The first kappa shape index (κ1) is 19.8. The van der Waals surface area contributed by atoms with E-state index in [0.717, 1.165) is 29.8 Å². The molecule has 0 saturated heterocycles. The molecule has 2 aromatic rings. The molecule has 0 fully saturated rings. The van der Waals surface area contributed by atoms with Gasteiger partial charge in [-0.3, -0.25) is 9.78 Å². The van der Waals surface area contributed by atoms with Crippen molar-refractivity contribution in [2.24, 2.45) is 0 Å². The molecule has 1 aromatic carbocycles. The summed E-state index contributed by atoms with van der Waals surface area (Å²) in [6.45, 7) is 7.89. The van der Waals surface area contributed by atoms with Crippen LogP contribution in [0.15, 0.2) is 36.5 Å². The van der Waals surface area contributed by atoms with Crippen LogP contribution in [-0.2, 0) is 6.54 Å². The second kappa shape index (κ2) is 9.80. The first-order chi connectivity index (χ1) is 12.6. The van der Waals surface area contributed by atoms with Gasteiger partial charge in [0.05, 0.1) is 19.3 Å². The zero-order valence-electron chi connectivity index (χ0n) is 16.1. The molecule has 0 radical (unpaired) electrons. The van der Waals surface area contributed by atoms with Gasteiger partial charge in [-0.2, -0.15) is 0 Å². The summed E-state index contributed by atoms with van der Waals surface area (Å²) in [5.41, 5.74) is 2.52. The number of carbonyl (C=O) groups excluding carboxylic acids is 1. The number of hydrogen-bond acceptors (Lipinski definition) is 4. The molecular weight excluding hydrogens is 328 g/mol. The molecule has 5 heteroatoms. The molecule has 0 aliphatic rings. The maximum atomic E-state index is 12.8. The van der Waals surface area contributed by atoms with E-state index >= 15 is 0 Å². The Kier molecular flexibility index (Phi) is 7.45. The van der Waals surface area contributed by atoms with Crippen molar-refractivity contribution in [2.45, 2.75) is 40.2 Å². The number of hydrogen-bond donors (Lipinski definition) is 0. The van der Waals surface area contributed by atoms with Gasteiger partial charge < -0.3 is 14.4 Å². The predicted octanol–water partition coefficient (Wildman–Crippen LogP) is 4.24. The molecular formula is C21H28N2O3. The predicted molar refractivity (Wildman–Crippen MR) is 103 cm³/mol. The molecule has 0 aliphatic heterocycles. The van der Waals surface area contributed by atoms with E-state index in [1.807, 2.05) is 42.2 Å². The van der Waals surface area contributed by atoms with Gasteiger partial charge in [-0.25, -0.2) is 0 Å². The van der Waals surface area contributed by atoms with Crippen molar-refractivity contribution >= 4 is 5.91 Å². The lowest BCUT2D eigenvalue weighted by Crippen LogP contribution is -2.31. The van der Waals surface area contributed by atoms with E-state index < -0.39 is 0 Å².